The summed E-state index contributed by atoms with van der Waals surface area (Å²) < 4.78 is 5.71. The first-order valence-electron chi connectivity index (χ1n) is 9.27. The molecule has 2 aromatic rings. The molecule has 0 heterocycles. The van der Waals surface area contributed by atoms with Gasteiger partial charge in [-0.2, -0.15) is 0 Å². The number of amides is 1. The average molecular weight is 367 g/mol. The topological polar surface area (TPSA) is 75.6 Å². The van der Waals surface area contributed by atoms with E-state index in [1.807, 2.05) is 54.6 Å². The number of aliphatic carboxylic acids is 1. The number of carbonyl (C=O) groups excluding carboxylic acids is 1. The van der Waals surface area contributed by atoms with Crippen LogP contribution >= 0.6 is 0 Å². The molecule has 0 aromatic heterocycles. The number of ether oxygens (including phenoxy) is 1. The number of hydrogen-bond donors (Lipinski definition) is 2. The van der Waals surface area contributed by atoms with E-state index in [9.17, 15) is 14.7 Å². The van der Waals surface area contributed by atoms with Gasteiger partial charge in [-0.3, -0.25) is 9.59 Å². The Hall–Kier alpha value is -2.66. The number of carboxylic acids is 1. The summed E-state index contributed by atoms with van der Waals surface area (Å²) in [4.78, 5) is 23.4. The van der Waals surface area contributed by atoms with Crippen molar-refractivity contribution in [3.05, 3.63) is 71.3 Å². The maximum atomic E-state index is 12.1. The lowest BCUT2D eigenvalue weighted by atomic mass is 9.66. The molecule has 5 heteroatoms. The summed E-state index contributed by atoms with van der Waals surface area (Å²) in [6.07, 6.45) is 2.13. The van der Waals surface area contributed by atoms with Gasteiger partial charge >= 0.3 is 5.97 Å². The van der Waals surface area contributed by atoms with E-state index >= 15 is 0 Å². The van der Waals surface area contributed by atoms with E-state index in [4.69, 9.17) is 4.74 Å². The predicted octanol–water partition coefficient (Wildman–Crippen LogP) is 3.66. The van der Waals surface area contributed by atoms with Crippen LogP contribution in [0.2, 0.25) is 0 Å². The molecule has 2 aromatic carbocycles. The van der Waals surface area contributed by atoms with Crippen LogP contribution in [0, 0.1) is 5.41 Å². The van der Waals surface area contributed by atoms with Gasteiger partial charge in [-0.15, -0.1) is 0 Å². The van der Waals surface area contributed by atoms with Gasteiger partial charge in [0.15, 0.2) is 0 Å². The van der Waals surface area contributed by atoms with Crippen molar-refractivity contribution in [1.82, 2.24) is 5.32 Å². The van der Waals surface area contributed by atoms with Crippen LogP contribution in [0.15, 0.2) is 54.6 Å². The smallest absolute Gasteiger partial charge is 0.310 e. The fourth-order valence-electron chi connectivity index (χ4n) is 3.25. The largest absolute Gasteiger partial charge is 0.481 e. The molecule has 1 amide bonds. The maximum absolute atomic E-state index is 12.1. The highest BCUT2D eigenvalue weighted by atomic mass is 16.5. The van der Waals surface area contributed by atoms with Crippen LogP contribution in [0.25, 0.3) is 0 Å². The first-order chi connectivity index (χ1) is 13.1. The average Bonchev–Trinajstić information content (AvgIpc) is 2.64. The minimum atomic E-state index is -0.858. The van der Waals surface area contributed by atoms with Gasteiger partial charge in [0, 0.05) is 13.0 Å². The fourth-order valence-corrected chi connectivity index (χ4v) is 3.25. The molecule has 0 aliphatic heterocycles. The molecule has 0 saturated heterocycles. The van der Waals surface area contributed by atoms with Crippen molar-refractivity contribution in [1.29, 1.82) is 0 Å². The maximum Gasteiger partial charge on any atom is 0.310 e. The molecular weight excluding hydrogens is 342 g/mol. The van der Waals surface area contributed by atoms with E-state index < -0.39 is 11.4 Å². The number of rotatable bonds is 9. The molecule has 1 aliphatic rings. The van der Waals surface area contributed by atoms with Gasteiger partial charge in [-0.25, -0.2) is 0 Å². The van der Waals surface area contributed by atoms with Crippen molar-refractivity contribution in [2.45, 2.75) is 45.4 Å². The van der Waals surface area contributed by atoms with Gasteiger partial charge in [0.05, 0.1) is 18.6 Å². The highest BCUT2D eigenvalue weighted by Gasteiger charge is 2.45. The van der Waals surface area contributed by atoms with Crippen LogP contribution in [0.3, 0.4) is 0 Å². The number of benzene rings is 2. The summed E-state index contributed by atoms with van der Waals surface area (Å²) in [6, 6.07) is 17.9. The third-order valence-corrected chi connectivity index (χ3v) is 5.16. The Morgan fingerprint density at radius 1 is 0.926 bits per heavy atom. The summed E-state index contributed by atoms with van der Waals surface area (Å²) in [7, 11) is 0. The lowest BCUT2D eigenvalue weighted by molar-refractivity contribution is -0.157. The zero-order chi connectivity index (χ0) is 19.1. The van der Waals surface area contributed by atoms with E-state index in [-0.39, 0.29) is 12.3 Å². The summed E-state index contributed by atoms with van der Waals surface area (Å²) in [5.41, 5.74) is 2.35. The molecule has 142 valence electrons. The Morgan fingerprint density at radius 3 is 2.07 bits per heavy atom. The van der Waals surface area contributed by atoms with E-state index in [2.05, 4.69) is 5.32 Å². The molecule has 1 aliphatic carbocycles. The van der Waals surface area contributed by atoms with Crippen molar-refractivity contribution >= 4 is 11.9 Å². The molecule has 27 heavy (non-hydrogen) atoms. The summed E-state index contributed by atoms with van der Waals surface area (Å²) in [5, 5.41) is 12.1. The molecule has 1 saturated carbocycles. The van der Waals surface area contributed by atoms with Crippen molar-refractivity contribution in [3.63, 3.8) is 0 Å². The second-order valence-corrected chi connectivity index (χ2v) is 7.19. The van der Waals surface area contributed by atoms with Crippen molar-refractivity contribution in [3.8, 4) is 0 Å². The number of nitrogens with one attached hydrogen (secondary N) is 1. The molecule has 0 radical (unpaired) electrons. The Morgan fingerprint density at radius 2 is 1.52 bits per heavy atom. The van der Waals surface area contributed by atoms with Gasteiger partial charge in [0.1, 0.15) is 0 Å². The molecule has 5 nitrogen and oxygen atoms in total. The van der Waals surface area contributed by atoms with Gasteiger partial charge < -0.3 is 15.2 Å². The summed E-state index contributed by atoms with van der Waals surface area (Å²) >= 11 is 0. The van der Waals surface area contributed by atoms with Crippen LogP contribution in [0.4, 0.5) is 0 Å². The van der Waals surface area contributed by atoms with Crippen molar-refractivity contribution in [2.75, 3.05) is 0 Å². The SMILES string of the molecule is O=C(CC1(C(=O)O)CCC1)NCc1ccc(COCc2ccccc2)cc1. The zero-order valence-corrected chi connectivity index (χ0v) is 15.3. The minimum Gasteiger partial charge on any atom is -0.481 e. The lowest BCUT2D eigenvalue weighted by Gasteiger charge is -2.36. The van der Waals surface area contributed by atoms with Crippen LogP contribution in [-0.2, 0) is 34.1 Å². The lowest BCUT2D eigenvalue weighted by Crippen LogP contribution is -2.42. The Labute approximate surface area is 159 Å². The molecule has 1 fully saturated rings. The molecular formula is C22H25NO4. The Balaban J connectivity index is 1.41. The fraction of sp³-hybridized carbons (Fsp3) is 0.364. The first-order valence-corrected chi connectivity index (χ1v) is 9.27. The summed E-state index contributed by atoms with van der Waals surface area (Å²) in [6.45, 7) is 1.51. The molecule has 0 spiro atoms. The molecule has 0 bridgehead atoms. The second-order valence-electron chi connectivity index (χ2n) is 7.19. The van der Waals surface area contributed by atoms with Crippen molar-refractivity contribution < 1.29 is 19.4 Å². The summed E-state index contributed by atoms with van der Waals surface area (Å²) in [5.74, 6) is -1.06. The number of hydrogen-bond acceptors (Lipinski definition) is 3. The molecule has 0 atom stereocenters. The molecule has 0 unspecified atom stereocenters. The van der Waals surface area contributed by atoms with E-state index in [0.717, 1.165) is 23.1 Å². The van der Waals surface area contributed by atoms with Gasteiger partial charge in [0.2, 0.25) is 5.91 Å². The number of carbonyl (C=O) groups is 2. The van der Waals surface area contributed by atoms with E-state index in [1.54, 1.807) is 0 Å². The molecule has 3 rings (SSSR count). The Kier molecular flexibility index (Phi) is 6.24. The predicted molar refractivity (Wildman–Crippen MR) is 102 cm³/mol. The molecule has 2 N–H and O–H groups in total. The van der Waals surface area contributed by atoms with Gasteiger partial charge in [-0.1, -0.05) is 61.0 Å². The van der Waals surface area contributed by atoms with Crippen molar-refractivity contribution in [2.24, 2.45) is 5.41 Å². The van der Waals surface area contributed by atoms with Crippen LogP contribution < -0.4 is 5.32 Å². The quantitative estimate of drug-likeness (QED) is 0.709. The number of carboxylic acid groups (broad SMARTS) is 1. The Bertz CT molecular complexity index is 767. The van der Waals surface area contributed by atoms with E-state index in [0.29, 0.717) is 32.6 Å². The third-order valence-electron chi connectivity index (χ3n) is 5.16. The van der Waals surface area contributed by atoms with Crippen LogP contribution in [0.1, 0.15) is 42.4 Å². The first kappa shape index (κ1) is 19.1. The van der Waals surface area contributed by atoms with Gasteiger partial charge in [0.25, 0.3) is 0 Å². The minimum absolute atomic E-state index is 0.0632. The highest BCUT2D eigenvalue weighted by Crippen LogP contribution is 2.44. The normalized spacial score (nSPS) is 15.0. The zero-order valence-electron chi connectivity index (χ0n) is 15.3. The standard InChI is InChI=1S/C22H25NO4/c24-20(13-22(21(25)26)11-4-12-22)23-14-17-7-9-19(10-8-17)16-27-15-18-5-2-1-3-6-18/h1-3,5-10H,4,11-16H2,(H,23,24)(H,25,26). The monoisotopic (exact) mass is 367 g/mol. The van der Waals surface area contributed by atoms with Gasteiger partial charge in [-0.05, 0) is 29.5 Å². The van der Waals surface area contributed by atoms with Crippen LogP contribution in [-0.4, -0.2) is 17.0 Å². The third kappa shape index (κ3) is 5.17. The van der Waals surface area contributed by atoms with E-state index in [1.165, 1.54) is 0 Å². The highest BCUT2D eigenvalue weighted by molar-refractivity contribution is 5.85. The second kappa shape index (κ2) is 8.82. The van der Waals surface area contributed by atoms with Crippen LogP contribution in [0.5, 0.6) is 0 Å².